The summed E-state index contributed by atoms with van der Waals surface area (Å²) in [6.07, 6.45) is 2.99. The summed E-state index contributed by atoms with van der Waals surface area (Å²) in [5.74, 6) is 0.0160. The minimum Gasteiger partial charge on any atom is -0.497 e. The lowest BCUT2D eigenvalue weighted by Gasteiger charge is -2.12. The van der Waals surface area contributed by atoms with Gasteiger partial charge in [-0.3, -0.25) is 4.79 Å². The molecule has 1 rings (SSSR count). The number of carboxylic acids is 1. The number of carboxylic acid groups (broad SMARTS) is 1. The molecule has 118 valence electrons. The fourth-order valence-electron chi connectivity index (χ4n) is 2.08. The van der Waals surface area contributed by atoms with Gasteiger partial charge in [-0.05, 0) is 50.0 Å². The topological polar surface area (TPSA) is 78.8 Å². The molecule has 5 nitrogen and oxygen atoms in total. The van der Waals surface area contributed by atoms with E-state index in [0.29, 0.717) is 6.42 Å². The number of nitrogens with one attached hydrogen (secondary N) is 1. The quantitative estimate of drug-likeness (QED) is 0.546. The third kappa shape index (κ3) is 7.68. The van der Waals surface area contributed by atoms with E-state index in [1.165, 1.54) is 0 Å². The van der Waals surface area contributed by atoms with Crippen LogP contribution in [0.4, 0.5) is 0 Å². The number of hydrogen-bond donors (Lipinski definition) is 3. The molecule has 0 heterocycles. The molecular weight excluding hydrogens is 270 g/mol. The first kappa shape index (κ1) is 17.5. The molecule has 3 N–H and O–H groups in total. The van der Waals surface area contributed by atoms with Crippen molar-refractivity contribution in [1.29, 1.82) is 0 Å². The lowest BCUT2D eigenvalue weighted by atomic mass is 10.1. The lowest BCUT2D eigenvalue weighted by molar-refractivity contribution is -0.137. The molecule has 0 spiro atoms. The van der Waals surface area contributed by atoms with E-state index in [2.05, 4.69) is 5.32 Å². The number of aliphatic hydroxyl groups excluding tert-OH is 1. The van der Waals surface area contributed by atoms with E-state index >= 15 is 0 Å². The van der Waals surface area contributed by atoms with Gasteiger partial charge in [0.25, 0.3) is 0 Å². The minimum absolute atomic E-state index is 0.245. The third-order valence-electron chi connectivity index (χ3n) is 3.32. The SMILES string of the molecule is COc1cccc(C(O)CCNCCCCCC(=O)O)c1. The Morgan fingerprint density at radius 3 is 2.81 bits per heavy atom. The molecular formula is C16H25NO4. The predicted octanol–water partition coefficient (Wildman–Crippen LogP) is 2.35. The van der Waals surface area contributed by atoms with Crippen LogP contribution < -0.4 is 10.1 Å². The molecule has 0 bridgehead atoms. The molecule has 0 fully saturated rings. The van der Waals surface area contributed by atoms with Crippen molar-refractivity contribution in [1.82, 2.24) is 5.32 Å². The van der Waals surface area contributed by atoms with Gasteiger partial charge >= 0.3 is 5.97 Å². The van der Waals surface area contributed by atoms with E-state index in [1.807, 2.05) is 24.3 Å². The smallest absolute Gasteiger partial charge is 0.303 e. The monoisotopic (exact) mass is 295 g/mol. The summed E-state index contributed by atoms with van der Waals surface area (Å²) in [5.41, 5.74) is 0.859. The molecule has 5 heteroatoms. The second-order valence-electron chi connectivity index (χ2n) is 5.04. The number of ether oxygens (including phenoxy) is 1. The zero-order valence-electron chi connectivity index (χ0n) is 12.5. The van der Waals surface area contributed by atoms with Gasteiger partial charge in [0.1, 0.15) is 5.75 Å². The Balaban J connectivity index is 2.10. The second kappa shape index (κ2) is 10.2. The number of unbranched alkanes of at least 4 members (excludes halogenated alkanes) is 2. The van der Waals surface area contributed by atoms with Gasteiger partial charge in [0.2, 0.25) is 0 Å². The lowest BCUT2D eigenvalue weighted by Crippen LogP contribution is -2.19. The van der Waals surface area contributed by atoms with Crippen molar-refractivity contribution in [3.05, 3.63) is 29.8 Å². The number of hydrogen-bond acceptors (Lipinski definition) is 4. The minimum atomic E-state index is -0.732. The van der Waals surface area contributed by atoms with Crippen molar-refractivity contribution >= 4 is 5.97 Å². The summed E-state index contributed by atoms with van der Waals surface area (Å²) in [4.78, 5) is 10.3. The molecule has 1 aromatic carbocycles. The summed E-state index contributed by atoms with van der Waals surface area (Å²) in [6, 6.07) is 7.45. The van der Waals surface area contributed by atoms with Gasteiger partial charge < -0.3 is 20.3 Å². The van der Waals surface area contributed by atoms with Crippen LogP contribution in [0.3, 0.4) is 0 Å². The Hall–Kier alpha value is -1.59. The van der Waals surface area contributed by atoms with Crippen LogP contribution in [0, 0.1) is 0 Å². The molecule has 0 aliphatic heterocycles. The van der Waals surface area contributed by atoms with Crippen molar-refractivity contribution < 1.29 is 19.7 Å². The molecule has 1 atom stereocenters. The predicted molar refractivity (Wildman–Crippen MR) is 81.5 cm³/mol. The highest BCUT2D eigenvalue weighted by Crippen LogP contribution is 2.20. The van der Waals surface area contributed by atoms with E-state index in [0.717, 1.165) is 43.7 Å². The fourth-order valence-corrected chi connectivity index (χ4v) is 2.08. The van der Waals surface area contributed by atoms with Gasteiger partial charge in [0, 0.05) is 6.42 Å². The van der Waals surface area contributed by atoms with Gasteiger partial charge in [-0.2, -0.15) is 0 Å². The normalized spacial score (nSPS) is 12.1. The van der Waals surface area contributed by atoms with Crippen LogP contribution in [-0.2, 0) is 4.79 Å². The number of aliphatic hydroxyl groups is 1. The molecule has 0 aliphatic carbocycles. The second-order valence-corrected chi connectivity index (χ2v) is 5.04. The van der Waals surface area contributed by atoms with Gasteiger partial charge in [-0.1, -0.05) is 18.6 Å². The van der Waals surface area contributed by atoms with Gasteiger partial charge in [0.05, 0.1) is 13.2 Å². The maximum absolute atomic E-state index is 10.3. The molecule has 21 heavy (non-hydrogen) atoms. The number of aliphatic carboxylic acids is 1. The van der Waals surface area contributed by atoms with E-state index in [-0.39, 0.29) is 6.42 Å². The van der Waals surface area contributed by atoms with Crippen LogP contribution in [0.15, 0.2) is 24.3 Å². The van der Waals surface area contributed by atoms with Gasteiger partial charge in [-0.15, -0.1) is 0 Å². The third-order valence-corrected chi connectivity index (χ3v) is 3.32. The molecule has 1 aromatic rings. The highest BCUT2D eigenvalue weighted by Gasteiger charge is 2.07. The molecule has 1 unspecified atom stereocenters. The first-order valence-electron chi connectivity index (χ1n) is 7.38. The summed E-state index contributed by atoms with van der Waals surface area (Å²) < 4.78 is 5.13. The summed E-state index contributed by atoms with van der Waals surface area (Å²) in [7, 11) is 1.61. The van der Waals surface area contributed by atoms with Crippen LogP contribution in [0.5, 0.6) is 5.75 Å². The maximum atomic E-state index is 10.3. The maximum Gasteiger partial charge on any atom is 0.303 e. The highest BCUT2D eigenvalue weighted by atomic mass is 16.5. The van der Waals surface area contributed by atoms with Crippen molar-refractivity contribution in [3.63, 3.8) is 0 Å². The van der Waals surface area contributed by atoms with Crippen molar-refractivity contribution in [2.75, 3.05) is 20.2 Å². The van der Waals surface area contributed by atoms with Crippen molar-refractivity contribution in [2.45, 2.75) is 38.2 Å². The van der Waals surface area contributed by atoms with E-state index < -0.39 is 12.1 Å². The Morgan fingerprint density at radius 2 is 2.10 bits per heavy atom. The van der Waals surface area contributed by atoms with Crippen LogP contribution in [0.1, 0.15) is 43.8 Å². The van der Waals surface area contributed by atoms with Crippen LogP contribution in [0.25, 0.3) is 0 Å². The number of carbonyl (C=O) groups is 1. The van der Waals surface area contributed by atoms with Crippen LogP contribution in [0.2, 0.25) is 0 Å². The Labute approximate surface area is 125 Å². The Bertz CT molecular complexity index is 422. The molecule has 0 saturated heterocycles. The van der Waals surface area contributed by atoms with Gasteiger partial charge in [-0.25, -0.2) is 0 Å². The number of methoxy groups -OCH3 is 1. The molecule has 0 radical (unpaired) electrons. The van der Waals surface area contributed by atoms with Crippen LogP contribution >= 0.6 is 0 Å². The van der Waals surface area contributed by atoms with Gasteiger partial charge in [0.15, 0.2) is 0 Å². The average Bonchev–Trinajstić information content (AvgIpc) is 2.49. The number of rotatable bonds is 11. The summed E-state index contributed by atoms with van der Waals surface area (Å²) >= 11 is 0. The van der Waals surface area contributed by atoms with Crippen LogP contribution in [-0.4, -0.2) is 36.4 Å². The molecule has 0 aliphatic rings. The van der Waals surface area contributed by atoms with Crippen molar-refractivity contribution in [2.24, 2.45) is 0 Å². The molecule has 0 aromatic heterocycles. The van der Waals surface area contributed by atoms with E-state index in [9.17, 15) is 9.90 Å². The van der Waals surface area contributed by atoms with E-state index in [4.69, 9.17) is 9.84 Å². The first-order valence-corrected chi connectivity index (χ1v) is 7.38. The zero-order valence-corrected chi connectivity index (χ0v) is 12.5. The van der Waals surface area contributed by atoms with Crippen molar-refractivity contribution in [3.8, 4) is 5.75 Å². The number of benzene rings is 1. The van der Waals surface area contributed by atoms with E-state index in [1.54, 1.807) is 7.11 Å². The molecule has 0 saturated carbocycles. The Morgan fingerprint density at radius 1 is 1.29 bits per heavy atom. The highest BCUT2D eigenvalue weighted by molar-refractivity contribution is 5.66. The standard InChI is InChI=1S/C16H25NO4/c1-21-14-7-5-6-13(12-14)15(18)9-11-17-10-4-2-3-8-16(19)20/h5-7,12,15,17-18H,2-4,8-11H2,1H3,(H,19,20). The zero-order chi connectivity index (χ0) is 15.5. The Kier molecular flexibility index (Phi) is 8.47. The average molecular weight is 295 g/mol. The summed E-state index contributed by atoms with van der Waals surface area (Å²) in [6.45, 7) is 1.59. The summed E-state index contributed by atoms with van der Waals surface area (Å²) in [5, 5.41) is 21.9. The largest absolute Gasteiger partial charge is 0.497 e. The fraction of sp³-hybridized carbons (Fsp3) is 0.562. The first-order chi connectivity index (χ1) is 10.1. The molecule has 0 amide bonds.